The Morgan fingerprint density at radius 3 is 2.22 bits per heavy atom. The fraction of sp³-hybridized carbons (Fsp3) is 0.611. The molecule has 0 aliphatic carbocycles. The number of benzene rings is 2. The number of nitrogens with zero attached hydrogens (tertiary/aromatic N) is 4. The number of carbonyl (C=O) groups excluding carboxylic acids is 1. The van der Waals surface area contributed by atoms with Gasteiger partial charge in [-0.3, -0.25) is 15.1 Å². The van der Waals surface area contributed by atoms with E-state index in [1.165, 1.54) is 0 Å². The molecule has 0 radical (unpaired) electrons. The number of methoxy groups -OCH3 is 4. The highest BCUT2D eigenvalue weighted by molar-refractivity contribution is 5.77. The lowest BCUT2D eigenvalue weighted by molar-refractivity contribution is -0.769. The Kier molecular flexibility index (Phi) is 15.2. The summed E-state index contributed by atoms with van der Waals surface area (Å²) in [5, 5.41) is 22.2. The first-order chi connectivity index (χ1) is 23.9. The predicted octanol–water partition coefficient (Wildman–Crippen LogP) is 5.47. The molecular formula is C36H53N5O9. The van der Waals surface area contributed by atoms with Crippen LogP contribution in [0.5, 0.6) is 28.7 Å². The van der Waals surface area contributed by atoms with E-state index in [0.717, 1.165) is 30.5 Å². The lowest BCUT2D eigenvalue weighted by atomic mass is 9.74. The van der Waals surface area contributed by atoms with Gasteiger partial charge in [-0.25, -0.2) is 5.01 Å². The summed E-state index contributed by atoms with van der Waals surface area (Å²) >= 11 is 0. The van der Waals surface area contributed by atoms with Gasteiger partial charge in [-0.05, 0) is 101 Å². The number of hydrazine groups is 1. The Morgan fingerprint density at radius 2 is 1.68 bits per heavy atom. The quantitative estimate of drug-likeness (QED) is 0.137. The predicted molar refractivity (Wildman–Crippen MR) is 187 cm³/mol. The lowest BCUT2D eigenvalue weighted by Crippen LogP contribution is -2.49. The van der Waals surface area contributed by atoms with Crippen molar-refractivity contribution in [1.82, 2.24) is 15.3 Å². The normalized spacial score (nSPS) is 16.0. The second-order valence-corrected chi connectivity index (χ2v) is 12.7. The minimum Gasteiger partial charge on any atom is -0.493 e. The van der Waals surface area contributed by atoms with Crippen molar-refractivity contribution in [3.05, 3.63) is 51.6 Å². The maximum atomic E-state index is 12.8. The van der Waals surface area contributed by atoms with E-state index in [-0.39, 0.29) is 24.5 Å². The Morgan fingerprint density at radius 1 is 1.04 bits per heavy atom. The highest BCUT2D eigenvalue weighted by atomic mass is 17.0. The van der Waals surface area contributed by atoms with Crippen molar-refractivity contribution in [3.8, 4) is 34.8 Å². The van der Waals surface area contributed by atoms with Crippen molar-refractivity contribution in [1.29, 1.82) is 5.26 Å². The molecule has 3 rings (SSSR count). The van der Waals surface area contributed by atoms with Crippen LogP contribution in [0.25, 0.3) is 0 Å². The van der Waals surface area contributed by atoms with Crippen molar-refractivity contribution >= 4 is 5.91 Å². The van der Waals surface area contributed by atoms with E-state index in [4.69, 9.17) is 28.5 Å². The first-order valence-electron chi connectivity index (χ1n) is 17.0. The SMILES string of the molecule is CCCC(C#N)(CCCN(C)C(C)c1ccc(OC)c(OCC(=O)NN2CCC(C(C)O[N+](=O)[O-])CC2)c1)c1cc(OC)c(OC)c(OC)c1. The van der Waals surface area contributed by atoms with Crippen LogP contribution >= 0.6 is 0 Å². The Hall–Kier alpha value is -4.48. The third-order valence-electron chi connectivity index (χ3n) is 9.65. The first kappa shape index (κ1) is 40.0. The number of hydrogen-bond acceptors (Lipinski definition) is 12. The van der Waals surface area contributed by atoms with Crippen LogP contribution in [-0.4, -0.2) is 88.7 Å². The molecule has 1 N–H and O–H groups in total. The second kappa shape index (κ2) is 19.1. The Balaban J connectivity index is 1.61. The monoisotopic (exact) mass is 699 g/mol. The molecule has 0 spiro atoms. The van der Waals surface area contributed by atoms with Crippen LogP contribution in [0.4, 0.5) is 0 Å². The highest BCUT2D eigenvalue weighted by Gasteiger charge is 2.34. The summed E-state index contributed by atoms with van der Waals surface area (Å²) in [5.41, 5.74) is 3.96. The maximum Gasteiger partial charge on any atom is 0.294 e. The summed E-state index contributed by atoms with van der Waals surface area (Å²) < 4.78 is 28.1. The van der Waals surface area contributed by atoms with Gasteiger partial charge in [0.15, 0.2) is 29.6 Å². The summed E-state index contributed by atoms with van der Waals surface area (Å²) in [5.74, 6) is 2.25. The number of hydrogen-bond donors (Lipinski definition) is 1. The Bertz CT molecular complexity index is 1430. The van der Waals surface area contributed by atoms with Crippen LogP contribution in [-0.2, 0) is 15.0 Å². The average Bonchev–Trinajstić information content (AvgIpc) is 3.12. The molecule has 0 aromatic heterocycles. The number of ether oxygens (including phenoxy) is 5. The van der Waals surface area contributed by atoms with Crippen molar-refractivity contribution in [2.75, 3.05) is 61.7 Å². The largest absolute Gasteiger partial charge is 0.493 e. The maximum absolute atomic E-state index is 12.8. The number of carbonyl (C=O) groups is 1. The molecule has 1 aliphatic rings. The molecule has 3 unspecified atom stereocenters. The third-order valence-corrected chi connectivity index (χ3v) is 9.65. The number of nitrogens with one attached hydrogen (secondary N) is 1. The molecule has 1 saturated heterocycles. The molecular weight excluding hydrogens is 646 g/mol. The molecule has 1 fully saturated rings. The fourth-order valence-electron chi connectivity index (χ4n) is 6.57. The van der Waals surface area contributed by atoms with Gasteiger partial charge in [-0.15, -0.1) is 10.1 Å². The molecule has 0 bridgehead atoms. The van der Waals surface area contributed by atoms with Gasteiger partial charge in [0.25, 0.3) is 11.0 Å². The average molecular weight is 700 g/mol. The molecule has 1 amide bonds. The van der Waals surface area contributed by atoms with Crippen molar-refractivity contribution < 1.29 is 38.4 Å². The first-order valence-corrected chi connectivity index (χ1v) is 17.0. The molecule has 14 nitrogen and oxygen atoms in total. The summed E-state index contributed by atoms with van der Waals surface area (Å²) in [6.07, 6.45) is 3.77. The number of rotatable bonds is 20. The third kappa shape index (κ3) is 10.3. The van der Waals surface area contributed by atoms with E-state index < -0.39 is 16.6 Å². The van der Waals surface area contributed by atoms with Crippen molar-refractivity contribution in [2.45, 2.75) is 76.9 Å². The number of amides is 1. The Labute approximate surface area is 295 Å². The number of piperidine rings is 1. The molecule has 2 aromatic rings. The molecule has 2 aromatic carbocycles. The smallest absolute Gasteiger partial charge is 0.294 e. The molecule has 276 valence electrons. The fourth-order valence-corrected chi connectivity index (χ4v) is 6.57. The zero-order chi connectivity index (χ0) is 36.8. The van der Waals surface area contributed by atoms with E-state index in [0.29, 0.717) is 67.5 Å². The van der Waals surface area contributed by atoms with Crippen LogP contribution in [0.2, 0.25) is 0 Å². The summed E-state index contributed by atoms with van der Waals surface area (Å²) in [7, 11) is 8.30. The van der Waals surface area contributed by atoms with Gasteiger partial charge >= 0.3 is 0 Å². The summed E-state index contributed by atoms with van der Waals surface area (Å²) in [6, 6.07) is 12.1. The van der Waals surface area contributed by atoms with Crippen molar-refractivity contribution in [3.63, 3.8) is 0 Å². The molecule has 14 heteroatoms. The van der Waals surface area contributed by atoms with Crippen LogP contribution in [0.1, 0.15) is 76.5 Å². The van der Waals surface area contributed by atoms with Gasteiger partial charge in [0.2, 0.25) is 5.75 Å². The van der Waals surface area contributed by atoms with Crippen LogP contribution in [0, 0.1) is 27.4 Å². The van der Waals surface area contributed by atoms with E-state index >= 15 is 0 Å². The van der Waals surface area contributed by atoms with Crippen molar-refractivity contribution in [2.24, 2.45) is 5.92 Å². The van der Waals surface area contributed by atoms with Gasteiger partial charge in [0.1, 0.15) is 6.10 Å². The molecule has 3 atom stereocenters. The van der Waals surface area contributed by atoms with E-state index in [1.54, 1.807) is 40.4 Å². The minimum atomic E-state index is -0.757. The molecule has 1 heterocycles. The standard InChI is InChI=1S/C36H53N5O9/c1-9-15-36(24-37,29-21-32(46-6)35(48-8)33(22-29)47-7)16-10-17-39(4)25(2)28-11-12-30(45-5)31(20-28)49-23-34(42)38-40-18-13-27(14-19-40)26(3)50-41(43)44/h11-12,20-22,25-27H,9-10,13-19,23H2,1-8H3,(H,38,42). The summed E-state index contributed by atoms with van der Waals surface area (Å²) in [6.45, 7) is 7.51. The summed E-state index contributed by atoms with van der Waals surface area (Å²) in [4.78, 5) is 30.3. The van der Waals surface area contributed by atoms with Crippen LogP contribution in [0.15, 0.2) is 30.3 Å². The van der Waals surface area contributed by atoms with E-state index in [1.807, 2.05) is 37.4 Å². The highest BCUT2D eigenvalue weighted by Crippen LogP contribution is 2.44. The van der Waals surface area contributed by atoms with Gasteiger partial charge in [0.05, 0.1) is 39.9 Å². The molecule has 1 aliphatic heterocycles. The zero-order valence-corrected chi connectivity index (χ0v) is 30.7. The topological polar surface area (TPSA) is 158 Å². The van der Waals surface area contributed by atoms with E-state index in [2.05, 4.69) is 30.2 Å². The van der Waals surface area contributed by atoms with Crippen LogP contribution < -0.4 is 29.1 Å². The molecule has 50 heavy (non-hydrogen) atoms. The lowest BCUT2D eigenvalue weighted by Gasteiger charge is -2.33. The minimum absolute atomic E-state index is 0.00360. The van der Waals surface area contributed by atoms with Gasteiger partial charge in [-0.1, -0.05) is 19.4 Å². The van der Waals surface area contributed by atoms with Gasteiger partial charge in [-0.2, -0.15) is 5.26 Å². The number of nitriles is 1. The molecule has 0 saturated carbocycles. The second-order valence-electron chi connectivity index (χ2n) is 12.7. The van der Waals surface area contributed by atoms with Crippen LogP contribution in [0.3, 0.4) is 0 Å². The van der Waals surface area contributed by atoms with Gasteiger partial charge < -0.3 is 28.5 Å². The zero-order valence-electron chi connectivity index (χ0n) is 30.7. The van der Waals surface area contributed by atoms with E-state index in [9.17, 15) is 20.2 Å². The van der Waals surface area contributed by atoms with Gasteiger partial charge in [0, 0.05) is 19.1 Å².